The van der Waals surface area contributed by atoms with Gasteiger partial charge in [0.05, 0.1) is 7.11 Å². The number of para-hydroxylation sites is 2. The van der Waals surface area contributed by atoms with Crippen molar-refractivity contribution in [2.45, 2.75) is 19.3 Å². The predicted octanol–water partition coefficient (Wildman–Crippen LogP) is 2.47. The van der Waals surface area contributed by atoms with Crippen molar-refractivity contribution in [2.24, 2.45) is 0 Å². The third-order valence-corrected chi connectivity index (χ3v) is 2.53. The van der Waals surface area contributed by atoms with Crippen LogP contribution in [0.5, 0.6) is 11.5 Å². The normalized spacial score (nSPS) is 9.78. The Balaban J connectivity index is 2.09. The Morgan fingerprint density at radius 2 is 1.94 bits per heavy atom. The molecular weight excluding hydrogens is 226 g/mol. The first-order valence-corrected chi connectivity index (χ1v) is 6.28. The molecule has 1 aromatic carbocycles. The summed E-state index contributed by atoms with van der Waals surface area (Å²) in [6, 6.07) is 7.66. The van der Waals surface area contributed by atoms with Crippen LogP contribution in [0, 0.1) is 12.3 Å². The van der Waals surface area contributed by atoms with E-state index in [4.69, 9.17) is 15.9 Å². The molecule has 0 amide bonds. The minimum atomic E-state index is 0.634. The molecular formula is C15H21NO2. The van der Waals surface area contributed by atoms with Gasteiger partial charge in [0.2, 0.25) is 0 Å². The maximum absolute atomic E-state index is 5.64. The standard InChI is InChI=1S/C15H21NO2/c1-3-4-5-8-11-16-12-13-18-15-10-7-6-9-14(15)17-2/h1,6-7,9-10,16H,4-5,8,11-13H2,2H3. The lowest BCUT2D eigenvalue weighted by Gasteiger charge is -2.10. The minimum Gasteiger partial charge on any atom is -0.493 e. The van der Waals surface area contributed by atoms with Gasteiger partial charge in [-0.15, -0.1) is 12.3 Å². The van der Waals surface area contributed by atoms with Crippen molar-refractivity contribution in [3.63, 3.8) is 0 Å². The molecule has 98 valence electrons. The first-order valence-electron chi connectivity index (χ1n) is 6.28. The molecule has 0 fully saturated rings. The first-order chi connectivity index (χ1) is 8.88. The van der Waals surface area contributed by atoms with Crippen LogP contribution in [0.3, 0.4) is 0 Å². The fourth-order valence-corrected chi connectivity index (χ4v) is 1.57. The SMILES string of the molecule is C#CCCCCNCCOc1ccccc1OC. The number of hydrogen-bond acceptors (Lipinski definition) is 3. The van der Waals surface area contributed by atoms with Crippen LogP contribution in [0.1, 0.15) is 19.3 Å². The highest BCUT2D eigenvalue weighted by atomic mass is 16.5. The number of terminal acetylenes is 1. The van der Waals surface area contributed by atoms with E-state index < -0.39 is 0 Å². The van der Waals surface area contributed by atoms with Crippen LogP contribution < -0.4 is 14.8 Å². The number of unbranched alkanes of at least 4 members (excludes halogenated alkanes) is 2. The van der Waals surface area contributed by atoms with Crippen LogP contribution in [0.15, 0.2) is 24.3 Å². The average molecular weight is 247 g/mol. The van der Waals surface area contributed by atoms with Gasteiger partial charge in [-0.2, -0.15) is 0 Å². The monoisotopic (exact) mass is 247 g/mol. The second-order valence-corrected chi connectivity index (χ2v) is 3.91. The summed E-state index contributed by atoms with van der Waals surface area (Å²) >= 11 is 0. The van der Waals surface area contributed by atoms with E-state index in [2.05, 4.69) is 11.2 Å². The summed E-state index contributed by atoms with van der Waals surface area (Å²) < 4.78 is 10.8. The molecule has 1 aromatic rings. The van der Waals surface area contributed by atoms with Crippen LogP contribution >= 0.6 is 0 Å². The van der Waals surface area contributed by atoms with E-state index in [9.17, 15) is 0 Å². The summed E-state index contributed by atoms with van der Waals surface area (Å²) in [6.45, 7) is 2.45. The molecule has 3 nitrogen and oxygen atoms in total. The van der Waals surface area contributed by atoms with E-state index in [1.807, 2.05) is 24.3 Å². The molecule has 0 spiro atoms. The second-order valence-electron chi connectivity index (χ2n) is 3.91. The lowest BCUT2D eigenvalue weighted by Crippen LogP contribution is -2.22. The van der Waals surface area contributed by atoms with Gasteiger partial charge in [0.25, 0.3) is 0 Å². The zero-order valence-electron chi connectivity index (χ0n) is 10.9. The molecule has 0 aliphatic heterocycles. The van der Waals surface area contributed by atoms with Gasteiger partial charge >= 0.3 is 0 Å². The first kappa shape index (κ1) is 14.4. The van der Waals surface area contributed by atoms with E-state index >= 15 is 0 Å². The quantitative estimate of drug-likeness (QED) is 0.537. The molecule has 1 N–H and O–H groups in total. The topological polar surface area (TPSA) is 30.5 Å². The molecule has 0 aliphatic carbocycles. The van der Waals surface area contributed by atoms with Gasteiger partial charge < -0.3 is 14.8 Å². The highest BCUT2D eigenvalue weighted by Crippen LogP contribution is 2.25. The molecule has 0 atom stereocenters. The molecule has 0 aliphatic rings. The average Bonchev–Trinajstić information content (AvgIpc) is 2.42. The summed E-state index contributed by atoms with van der Waals surface area (Å²) in [4.78, 5) is 0. The van der Waals surface area contributed by atoms with Gasteiger partial charge in [-0.05, 0) is 31.5 Å². The molecule has 0 unspecified atom stereocenters. The van der Waals surface area contributed by atoms with Crippen molar-refractivity contribution in [1.29, 1.82) is 0 Å². The Hall–Kier alpha value is -1.66. The Bertz CT molecular complexity index is 371. The van der Waals surface area contributed by atoms with E-state index in [0.29, 0.717) is 6.61 Å². The van der Waals surface area contributed by atoms with Gasteiger partial charge in [0.15, 0.2) is 11.5 Å². The van der Waals surface area contributed by atoms with Crippen molar-refractivity contribution in [1.82, 2.24) is 5.32 Å². The molecule has 18 heavy (non-hydrogen) atoms. The van der Waals surface area contributed by atoms with E-state index in [1.54, 1.807) is 7.11 Å². The predicted molar refractivity (Wildman–Crippen MR) is 74.0 cm³/mol. The fraction of sp³-hybridized carbons (Fsp3) is 0.467. The third kappa shape index (κ3) is 5.60. The Labute approximate surface area is 109 Å². The summed E-state index contributed by atoms with van der Waals surface area (Å²) in [7, 11) is 1.64. The Kier molecular flexibility index (Phi) is 7.50. The van der Waals surface area contributed by atoms with Crippen LogP contribution in [-0.2, 0) is 0 Å². The summed E-state index contributed by atoms with van der Waals surface area (Å²) in [5, 5.41) is 3.32. The van der Waals surface area contributed by atoms with Crippen LogP contribution in [-0.4, -0.2) is 26.8 Å². The molecule has 3 heteroatoms. The molecule has 0 saturated carbocycles. The Morgan fingerprint density at radius 3 is 2.67 bits per heavy atom. The number of hydrogen-bond donors (Lipinski definition) is 1. The summed E-state index contributed by atoms with van der Waals surface area (Å²) in [5.41, 5.74) is 0. The Morgan fingerprint density at radius 1 is 1.17 bits per heavy atom. The maximum Gasteiger partial charge on any atom is 0.161 e. The van der Waals surface area contributed by atoms with Gasteiger partial charge in [-0.3, -0.25) is 0 Å². The van der Waals surface area contributed by atoms with E-state index in [1.165, 1.54) is 0 Å². The number of ether oxygens (including phenoxy) is 2. The van der Waals surface area contributed by atoms with Crippen LogP contribution in [0.4, 0.5) is 0 Å². The third-order valence-electron chi connectivity index (χ3n) is 2.53. The molecule has 0 radical (unpaired) electrons. The lowest BCUT2D eigenvalue weighted by atomic mass is 10.2. The summed E-state index contributed by atoms with van der Waals surface area (Å²) in [6.07, 6.45) is 8.23. The van der Waals surface area contributed by atoms with Gasteiger partial charge in [-0.1, -0.05) is 12.1 Å². The van der Waals surface area contributed by atoms with Crippen LogP contribution in [0.25, 0.3) is 0 Å². The summed E-state index contributed by atoms with van der Waals surface area (Å²) in [5.74, 6) is 4.19. The molecule has 0 heterocycles. The van der Waals surface area contributed by atoms with Gasteiger partial charge in [0, 0.05) is 13.0 Å². The number of nitrogens with one attached hydrogen (secondary N) is 1. The van der Waals surface area contributed by atoms with Crippen molar-refractivity contribution in [3.05, 3.63) is 24.3 Å². The lowest BCUT2D eigenvalue weighted by molar-refractivity contribution is 0.292. The fourth-order valence-electron chi connectivity index (χ4n) is 1.57. The van der Waals surface area contributed by atoms with E-state index in [0.717, 1.165) is 43.9 Å². The van der Waals surface area contributed by atoms with Crippen molar-refractivity contribution in [2.75, 3.05) is 26.8 Å². The van der Waals surface area contributed by atoms with Gasteiger partial charge in [-0.25, -0.2) is 0 Å². The highest BCUT2D eigenvalue weighted by Gasteiger charge is 2.01. The number of benzene rings is 1. The number of methoxy groups -OCH3 is 1. The zero-order valence-corrected chi connectivity index (χ0v) is 10.9. The minimum absolute atomic E-state index is 0.634. The van der Waals surface area contributed by atoms with Crippen LogP contribution in [0.2, 0.25) is 0 Å². The molecule has 0 bridgehead atoms. The van der Waals surface area contributed by atoms with Crippen molar-refractivity contribution >= 4 is 0 Å². The highest BCUT2D eigenvalue weighted by molar-refractivity contribution is 5.39. The largest absolute Gasteiger partial charge is 0.493 e. The molecule has 0 aromatic heterocycles. The molecule has 0 saturated heterocycles. The maximum atomic E-state index is 5.64. The zero-order chi connectivity index (χ0) is 13.1. The number of rotatable bonds is 9. The second kappa shape index (κ2) is 9.38. The van der Waals surface area contributed by atoms with E-state index in [-0.39, 0.29) is 0 Å². The van der Waals surface area contributed by atoms with Crippen molar-refractivity contribution in [3.8, 4) is 23.8 Å². The smallest absolute Gasteiger partial charge is 0.161 e. The van der Waals surface area contributed by atoms with Crippen molar-refractivity contribution < 1.29 is 9.47 Å². The molecule has 1 rings (SSSR count). The van der Waals surface area contributed by atoms with Gasteiger partial charge in [0.1, 0.15) is 6.61 Å².